The standard InChI is InChI=1S/C26H30N2O5/c1-17-4-6-19(7-5-17)23-22(24(29)20-8-9-21(32-3)18(2)16-20)25(30)26(31)28(23)11-10-27-12-14-33-15-13-27/h4-9,16,23,29H,10-15H2,1-3H3. The summed E-state index contributed by atoms with van der Waals surface area (Å²) in [5.74, 6) is -1.07. The molecule has 1 N–H and O–H groups in total. The Morgan fingerprint density at radius 2 is 1.82 bits per heavy atom. The average molecular weight is 451 g/mol. The van der Waals surface area contributed by atoms with Gasteiger partial charge in [0.2, 0.25) is 5.78 Å². The number of carbonyl (C=O) groups excluding carboxylic acids is 2. The van der Waals surface area contributed by atoms with Crippen molar-refractivity contribution in [3.63, 3.8) is 0 Å². The van der Waals surface area contributed by atoms with Crippen LogP contribution in [0.1, 0.15) is 28.3 Å². The lowest BCUT2D eigenvalue weighted by Gasteiger charge is -2.30. The number of nitrogens with one attached hydrogen (secondary N) is 1. The van der Waals surface area contributed by atoms with Gasteiger partial charge in [-0.25, -0.2) is 0 Å². The second-order valence-electron chi connectivity index (χ2n) is 8.68. The second kappa shape index (κ2) is 9.77. The Morgan fingerprint density at radius 3 is 2.45 bits per heavy atom. The van der Waals surface area contributed by atoms with Crippen LogP contribution in [0.25, 0.3) is 5.76 Å². The number of methoxy groups -OCH3 is 1. The summed E-state index contributed by atoms with van der Waals surface area (Å²) in [7, 11) is 1.57. The highest BCUT2D eigenvalue weighted by atomic mass is 16.5. The highest BCUT2D eigenvalue weighted by Gasteiger charge is 2.44. The number of nitrogens with zero attached hydrogens (tertiary/aromatic N) is 1. The number of Topliss-reactive ketones (excluding diaryl/α,β-unsaturated/α-hetero) is 1. The van der Waals surface area contributed by atoms with Gasteiger partial charge in [-0.1, -0.05) is 41.7 Å². The number of quaternary nitrogens is 1. The minimum absolute atomic E-state index is 0.0189. The summed E-state index contributed by atoms with van der Waals surface area (Å²) >= 11 is 0. The van der Waals surface area contributed by atoms with E-state index in [9.17, 15) is 14.7 Å². The lowest BCUT2D eigenvalue weighted by Crippen LogP contribution is -3.14. The molecule has 4 rings (SSSR count). The number of carbonyl (C=O) groups is 2. The van der Waals surface area contributed by atoms with Gasteiger partial charge in [-0.05, 0) is 42.7 Å². The van der Waals surface area contributed by atoms with Crippen LogP contribution in [0.5, 0.6) is 5.75 Å². The molecule has 2 heterocycles. The number of hydrogen-bond donors (Lipinski definition) is 1. The van der Waals surface area contributed by atoms with Gasteiger partial charge in [-0.15, -0.1) is 0 Å². The third-order valence-electron chi connectivity index (χ3n) is 6.49. The van der Waals surface area contributed by atoms with E-state index in [1.165, 1.54) is 4.90 Å². The summed E-state index contributed by atoms with van der Waals surface area (Å²) in [5, 5.41) is 13.6. The number of likely N-dealkylation sites (tertiary alicyclic amines) is 1. The summed E-state index contributed by atoms with van der Waals surface area (Å²) in [5.41, 5.74) is 3.02. The van der Waals surface area contributed by atoms with Crippen molar-refractivity contribution in [2.75, 3.05) is 46.5 Å². The van der Waals surface area contributed by atoms with Gasteiger partial charge in [0.05, 0.1) is 39.5 Å². The molecule has 7 nitrogen and oxygen atoms in total. The molecule has 0 bridgehead atoms. The van der Waals surface area contributed by atoms with E-state index in [0.717, 1.165) is 29.8 Å². The molecule has 0 aromatic heterocycles. The fourth-order valence-corrected chi connectivity index (χ4v) is 4.56. The third-order valence-corrected chi connectivity index (χ3v) is 6.49. The van der Waals surface area contributed by atoms with Crippen LogP contribution in [-0.4, -0.2) is 63.1 Å². The van der Waals surface area contributed by atoms with Gasteiger partial charge in [0, 0.05) is 5.57 Å². The molecule has 174 valence electrons. The number of ether oxygens (including phenoxy) is 2. The first-order chi connectivity index (χ1) is 15.9. The van der Waals surface area contributed by atoms with E-state index in [4.69, 9.17) is 9.47 Å². The number of ketones is 1. The maximum atomic E-state index is 13.6. The lowest BCUT2D eigenvalue weighted by molar-refractivity contribution is -0.907. The van der Waals surface area contributed by atoms with Gasteiger partial charge in [0.25, 0.3) is 5.91 Å². The molecule has 0 aliphatic carbocycles. The van der Waals surface area contributed by atoms with Crippen molar-refractivity contribution in [2.24, 2.45) is 0 Å². The van der Waals surface area contributed by atoms with Gasteiger partial charge in [0.15, 0.2) is 0 Å². The number of aryl methyl sites for hydroxylation is 2. The number of rotatable bonds is 6. The Balaban J connectivity index is 1.74. The van der Waals surface area contributed by atoms with E-state index >= 15 is 0 Å². The van der Waals surface area contributed by atoms with E-state index in [-0.39, 0.29) is 5.57 Å². The fourth-order valence-electron chi connectivity index (χ4n) is 4.56. The van der Waals surface area contributed by atoms with Crippen LogP contribution in [0, 0.1) is 13.8 Å². The largest absolute Gasteiger partial charge is 0.872 e. The van der Waals surface area contributed by atoms with Crippen LogP contribution in [0.15, 0.2) is 48.0 Å². The van der Waals surface area contributed by atoms with Crippen LogP contribution in [0.3, 0.4) is 0 Å². The van der Waals surface area contributed by atoms with Gasteiger partial charge in [0.1, 0.15) is 18.8 Å². The topological polar surface area (TPSA) is 83.3 Å². The molecule has 2 aromatic carbocycles. The number of morpholine rings is 1. The monoisotopic (exact) mass is 450 g/mol. The fraction of sp³-hybridized carbons (Fsp3) is 0.385. The maximum absolute atomic E-state index is 13.6. The summed E-state index contributed by atoms with van der Waals surface area (Å²) in [6.45, 7) is 8.04. The molecule has 2 fully saturated rings. The molecule has 1 atom stereocenters. The molecular formula is C26H30N2O5. The zero-order valence-electron chi connectivity index (χ0n) is 19.3. The molecule has 0 radical (unpaired) electrons. The SMILES string of the molecule is COc1ccc(C([O-])=C2C(=O)C(=O)N(CC[NH+]3CCOCC3)C2c2ccc(C)cc2)cc1C. The Bertz CT molecular complexity index is 1070. The van der Waals surface area contributed by atoms with Crippen LogP contribution in [0.4, 0.5) is 0 Å². The molecule has 33 heavy (non-hydrogen) atoms. The summed E-state index contributed by atoms with van der Waals surface area (Å²) < 4.78 is 10.7. The lowest BCUT2D eigenvalue weighted by atomic mass is 9.94. The number of benzene rings is 2. The Kier molecular flexibility index (Phi) is 6.81. The van der Waals surface area contributed by atoms with Gasteiger partial charge >= 0.3 is 0 Å². The van der Waals surface area contributed by atoms with Crippen LogP contribution in [0.2, 0.25) is 0 Å². The number of amides is 1. The molecule has 1 unspecified atom stereocenters. The third kappa shape index (κ3) is 4.65. The minimum Gasteiger partial charge on any atom is -0.872 e. The molecule has 2 aliphatic heterocycles. The number of hydrogen-bond acceptors (Lipinski definition) is 5. The first-order valence-electron chi connectivity index (χ1n) is 11.3. The molecule has 2 saturated heterocycles. The predicted octanol–water partition coefficient (Wildman–Crippen LogP) is 0.451. The van der Waals surface area contributed by atoms with Crippen molar-refractivity contribution in [3.05, 3.63) is 70.3 Å². The van der Waals surface area contributed by atoms with Gasteiger partial charge in [-0.3, -0.25) is 9.59 Å². The molecule has 7 heteroatoms. The van der Waals surface area contributed by atoms with E-state index in [0.29, 0.717) is 37.6 Å². The minimum atomic E-state index is -0.712. The zero-order chi connectivity index (χ0) is 23.5. The van der Waals surface area contributed by atoms with Gasteiger partial charge < -0.3 is 24.4 Å². The summed E-state index contributed by atoms with van der Waals surface area (Å²) in [4.78, 5) is 29.1. The van der Waals surface area contributed by atoms with Crippen molar-refractivity contribution in [1.29, 1.82) is 0 Å². The quantitative estimate of drug-likeness (QED) is 0.393. The van der Waals surface area contributed by atoms with Crippen molar-refractivity contribution >= 4 is 17.4 Å². The first kappa shape index (κ1) is 23.0. The highest BCUT2D eigenvalue weighted by molar-refractivity contribution is 6.46. The molecule has 2 aromatic rings. The average Bonchev–Trinajstić information content (AvgIpc) is 3.08. The predicted molar refractivity (Wildman–Crippen MR) is 122 cm³/mol. The van der Waals surface area contributed by atoms with Crippen LogP contribution in [-0.2, 0) is 14.3 Å². The van der Waals surface area contributed by atoms with E-state index in [2.05, 4.69) is 0 Å². The van der Waals surface area contributed by atoms with Gasteiger partial charge in [-0.2, -0.15) is 0 Å². The first-order valence-corrected chi connectivity index (χ1v) is 11.3. The van der Waals surface area contributed by atoms with E-state index < -0.39 is 23.5 Å². The van der Waals surface area contributed by atoms with Crippen molar-refractivity contribution in [3.8, 4) is 5.75 Å². The molecule has 1 amide bonds. The molecule has 2 aliphatic rings. The Morgan fingerprint density at radius 1 is 1.12 bits per heavy atom. The zero-order valence-corrected chi connectivity index (χ0v) is 19.3. The summed E-state index contributed by atoms with van der Waals surface area (Å²) in [6.07, 6.45) is 0. The van der Waals surface area contributed by atoms with Crippen molar-refractivity contribution in [1.82, 2.24) is 4.90 Å². The Labute approximate surface area is 194 Å². The normalized spacial score (nSPS) is 20.9. The highest BCUT2D eigenvalue weighted by Crippen LogP contribution is 2.38. The van der Waals surface area contributed by atoms with Crippen LogP contribution >= 0.6 is 0 Å². The molecule has 0 saturated carbocycles. The van der Waals surface area contributed by atoms with Crippen LogP contribution < -0.4 is 14.7 Å². The molecule has 0 spiro atoms. The van der Waals surface area contributed by atoms with E-state index in [1.807, 2.05) is 38.1 Å². The van der Waals surface area contributed by atoms with Crippen molar-refractivity contribution in [2.45, 2.75) is 19.9 Å². The maximum Gasteiger partial charge on any atom is 0.295 e. The van der Waals surface area contributed by atoms with Crippen molar-refractivity contribution < 1.29 is 29.1 Å². The second-order valence-corrected chi connectivity index (χ2v) is 8.68. The van der Waals surface area contributed by atoms with E-state index in [1.54, 1.807) is 30.2 Å². The Hall–Kier alpha value is -3.16. The molecular weight excluding hydrogens is 420 g/mol. The summed E-state index contributed by atoms with van der Waals surface area (Å²) in [6, 6.07) is 12.0. The smallest absolute Gasteiger partial charge is 0.295 e.